The Morgan fingerprint density at radius 1 is 0.828 bits per heavy atom. The Balaban J connectivity index is 1.59. The molecule has 8 heteroatoms. The van der Waals surface area contributed by atoms with Crippen molar-refractivity contribution in [2.24, 2.45) is 0 Å². The number of para-hydroxylation sites is 2. The van der Waals surface area contributed by atoms with Gasteiger partial charge in [0.2, 0.25) is 0 Å². The quantitative estimate of drug-likeness (QED) is 0.476. The average molecular weight is 424 g/mol. The number of benzene rings is 2. The molecule has 0 saturated heterocycles. The fourth-order valence-corrected chi connectivity index (χ4v) is 4.75. The maximum absolute atomic E-state index is 12.9. The first-order valence-electron chi connectivity index (χ1n) is 8.74. The molecule has 4 rings (SSSR count). The largest absolute Gasteiger partial charge is 0.322 e. The maximum atomic E-state index is 12.9. The summed E-state index contributed by atoms with van der Waals surface area (Å²) in [5, 5.41) is 4.56. The lowest BCUT2D eigenvalue weighted by molar-refractivity contribution is 0.103. The highest BCUT2D eigenvalue weighted by molar-refractivity contribution is 7.92. The smallest absolute Gasteiger partial charge is 0.267 e. The van der Waals surface area contributed by atoms with Gasteiger partial charge < -0.3 is 9.88 Å². The fraction of sp³-hybridized carbons (Fsp3) is 0. The third kappa shape index (κ3) is 4.08. The van der Waals surface area contributed by atoms with E-state index in [0.717, 1.165) is 5.69 Å². The van der Waals surface area contributed by atoms with Gasteiger partial charge in [0.1, 0.15) is 4.88 Å². The topological polar surface area (TPSA) is 80.2 Å². The second kappa shape index (κ2) is 7.94. The molecular formula is C21H17N3O3S2. The van der Waals surface area contributed by atoms with E-state index in [9.17, 15) is 13.2 Å². The lowest BCUT2D eigenvalue weighted by Crippen LogP contribution is -2.17. The molecule has 0 fully saturated rings. The predicted octanol–water partition coefficient (Wildman–Crippen LogP) is 4.59. The van der Waals surface area contributed by atoms with Crippen molar-refractivity contribution < 1.29 is 13.2 Å². The zero-order valence-corrected chi connectivity index (χ0v) is 16.8. The molecule has 0 aliphatic rings. The first-order chi connectivity index (χ1) is 14.0. The van der Waals surface area contributed by atoms with Gasteiger partial charge in [-0.3, -0.25) is 9.52 Å². The fourth-order valence-electron chi connectivity index (χ4n) is 2.85. The Labute approximate surface area is 172 Å². The SMILES string of the molecule is O=C(Nc1ccccc1-n1cccc1)c1sccc1NS(=O)(=O)c1ccccc1. The van der Waals surface area contributed by atoms with Crippen molar-refractivity contribution in [1.82, 2.24) is 4.57 Å². The van der Waals surface area contributed by atoms with Crippen LogP contribution in [0.25, 0.3) is 5.69 Å². The van der Waals surface area contributed by atoms with Crippen molar-refractivity contribution in [3.05, 3.63) is 95.4 Å². The second-order valence-corrected chi connectivity index (χ2v) is 8.74. The van der Waals surface area contributed by atoms with E-state index in [1.807, 2.05) is 47.3 Å². The van der Waals surface area contributed by atoms with Gasteiger partial charge >= 0.3 is 0 Å². The molecule has 4 aromatic rings. The predicted molar refractivity (Wildman–Crippen MR) is 115 cm³/mol. The standard InChI is InChI=1S/C21H17N3O3S2/c25-21(22-17-10-4-5-11-19(17)24-13-6-7-14-24)20-18(12-15-28-20)23-29(26,27)16-8-2-1-3-9-16/h1-15,23H,(H,22,25). The summed E-state index contributed by atoms with van der Waals surface area (Å²) < 4.78 is 29.6. The minimum Gasteiger partial charge on any atom is -0.322 e. The molecule has 0 radical (unpaired) electrons. The highest BCUT2D eigenvalue weighted by atomic mass is 32.2. The van der Waals surface area contributed by atoms with Crippen molar-refractivity contribution in [2.45, 2.75) is 4.90 Å². The van der Waals surface area contributed by atoms with Gasteiger partial charge in [-0.15, -0.1) is 11.3 Å². The zero-order chi connectivity index (χ0) is 20.3. The number of nitrogens with zero attached hydrogens (tertiary/aromatic N) is 1. The summed E-state index contributed by atoms with van der Waals surface area (Å²) in [6.07, 6.45) is 3.77. The van der Waals surface area contributed by atoms with E-state index in [1.165, 1.54) is 23.5 Å². The van der Waals surface area contributed by atoms with E-state index in [4.69, 9.17) is 0 Å². The van der Waals surface area contributed by atoms with Crippen LogP contribution in [-0.4, -0.2) is 18.9 Å². The summed E-state index contributed by atoms with van der Waals surface area (Å²) in [7, 11) is -3.78. The van der Waals surface area contributed by atoms with Crippen LogP contribution in [0.15, 0.2) is 95.5 Å². The molecule has 0 bridgehead atoms. The van der Waals surface area contributed by atoms with E-state index in [1.54, 1.807) is 35.7 Å². The van der Waals surface area contributed by atoms with E-state index in [0.29, 0.717) is 5.69 Å². The first-order valence-corrected chi connectivity index (χ1v) is 11.1. The van der Waals surface area contributed by atoms with Gasteiger partial charge in [-0.1, -0.05) is 30.3 Å². The third-order valence-electron chi connectivity index (χ3n) is 4.20. The van der Waals surface area contributed by atoms with Crippen LogP contribution in [-0.2, 0) is 10.0 Å². The van der Waals surface area contributed by atoms with Crippen molar-refractivity contribution in [1.29, 1.82) is 0 Å². The number of nitrogens with one attached hydrogen (secondary N) is 2. The molecule has 6 nitrogen and oxygen atoms in total. The van der Waals surface area contributed by atoms with Gasteiger partial charge in [-0.25, -0.2) is 8.42 Å². The number of thiophene rings is 1. The number of hydrogen-bond acceptors (Lipinski definition) is 4. The molecule has 146 valence electrons. The molecule has 0 saturated carbocycles. The molecule has 2 N–H and O–H groups in total. The van der Waals surface area contributed by atoms with Crippen LogP contribution in [0.4, 0.5) is 11.4 Å². The minimum absolute atomic E-state index is 0.135. The van der Waals surface area contributed by atoms with Crippen LogP contribution in [0, 0.1) is 0 Å². The van der Waals surface area contributed by atoms with Crippen molar-refractivity contribution in [2.75, 3.05) is 10.0 Å². The molecule has 2 heterocycles. The Bertz CT molecular complexity index is 1230. The van der Waals surface area contributed by atoms with Gasteiger partial charge in [0.15, 0.2) is 0 Å². The number of rotatable bonds is 6. The van der Waals surface area contributed by atoms with Gasteiger partial charge in [0.05, 0.1) is 22.0 Å². The third-order valence-corrected chi connectivity index (χ3v) is 6.50. The lowest BCUT2D eigenvalue weighted by Gasteiger charge is -2.13. The summed E-state index contributed by atoms with van der Waals surface area (Å²) in [6, 6.07) is 20.8. The molecule has 2 aromatic heterocycles. The summed E-state index contributed by atoms with van der Waals surface area (Å²) in [5.41, 5.74) is 1.68. The highest BCUT2D eigenvalue weighted by Crippen LogP contribution is 2.28. The zero-order valence-electron chi connectivity index (χ0n) is 15.1. The molecule has 0 spiro atoms. The Hall–Kier alpha value is -3.36. The van der Waals surface area contributed by atoms with Crippen LogP contribution in [0.1, 0.15) is 9.67 Å². The Morgan fingerprint density at radius 2 is 1.52 bits per heavy atom. The van der Waals surface area contributed by atoms with Gasteiger partial charge in [-0.05, 0) is 47.8 Å². The van der Waals surface area contributed by atoms with Crippen LogP contribution < -0.4 is 10.0 Å². The number of amides is 1. The lowest BCUT2D eigenvalue weighted by atomic mass is 10.2. The average Bonchev–Trinajstić information content (AvgIpc) is 3.41. The van der Waals surface area contributed by atoms with Crippen LogP contribution in [0.2, 0.25) is 0 Å². The van der Waals surface area contributed by atoms with Gasteiger partial charge in [0.25, 0.3) is 15.9 Å². The van der Waals surface area contributed by atoms with E-state index in [2.05, 4.69) is 10.0 Å². The van der Waals surface area contributed by atoms with Crippen molar-refractivity contribution >= 4 is 38.6 Å². The van der Waals surface area contributed by atoms with Gasteiger partial charge in [0, 0.05) is 12.4 Å². The molecule has 0 aliphatic carbocycles. The van der Waals surface area contributed by atoms with Gasteiger partial charge in [-0.2, -0.15) is 0 Å². The van der Waals surface area contributed by atoms with E-state index >= 15 is 0 Å². The summed E-state index contributed by atoms with van der Waals surface area (Å²) in [4.78, 5) is 13.3. The molecule has 29 heavy (non-hydrogen) atoms. The Kier molecular flexibility index (Phi) is 5.20. The van der Waals surface area contributed by atoms with Crippen LogP contribution in [0.3, 0.4) is 0 Å². The number of anilines is 2. The normalized spacial score (nSPS) is 11.2. The molecule has 1 amide bonds. The molecule has 2 aromatic carbocycles. The number of carbonyl (C=O) groups excluding carboxylic acids is 1. The number of carbonyl (C=O) groups is 1. The molecule has 0 atom stereocenters. The Morgan fingerprint density at radius 3 is 2.28 bits per heavy atom. The minimum atomic E-state index is -3.78. The monoisotopic (exact) mass is 423 g/mol. The van der Waals surface area contributed by atoms with Crippen LogP contribution >= 0.6 is 11.3 Å². The number of sulfonamides is 1. The second-order valence-electron chi connectivity index (χ2n) is 6.14. The highest BCUT2D eigenvalue weighted by Gasteiger charge is 2.20. The number of hydrogen-bond donors (Lipinski definition) is 2. The van der Waals surface area contributed by atoms with Crippen molar-refractivity contribution in [3.63, 3.8) is 0 Å². The summed E-state index contributed by atoms with van der Waals surface area (Å²) in [6.45, 7) is 0. The van der Waals surface area contributed by atoms with Crippen molar-refractivity contribution in [3.8, 4) is 5.69 Å². The van der Waals surface area contributed by atoms with Crippen LogP contribution in [0.5, 0.6) is 0 Å². The first kappa shape index (κ1) is 19.0. The summed E-state index contributed by atoms with van der Waals surface area (Å²) >= 11 is 1.17. The van der Waals surface area contributed by atoms with E-state index < -0.39 is 10.0 Å². The summed E-state index contributed by atoms with van der Waals surface area (Å²) in [5.74, 6) is -0.384. The molecular weight excluding hydrogens is 406 g/mol. The number of aromatic nitrogens is 1. The molecule has 0 aliphatic heterocycles. The molecule has 0 unspecified atom stereocenters. The van der Waals surface area contributed by atoms with E-state index in [-0.39, 0.29) is 21.4 Å². The maximum Gasteiger partial charge on any atom is 0.267 e.